The van der Waals surface area contributed by atoms with Gasteiger partial charge in [-0.05, 0) is 41.3 Å². The summed E-state index contributed by atoms with van der Waals surface area (Å²) in [7, 11) is 0. The number of hydrogen-bond acceptors (Lipinski definition) is 6. The lowest BCUT2D eigenvalue weighted by molar-refractivity contribution is -0.0656. The molecule has 3 aliphatic rings. The summed E-state index contributed by atoms with van der Waals surface area (Å²) in [6, 6.07) is 9.26. The number of halogens is 4. The molecule has 2 aromatic carbocycles. The number of carbonyl (C=O) groups is 2. The van der Waals surface area contributed by atoms with E-state index >= 15 is 0 Å². The van der Waals surface area contributed by atoms with Crippen LogP contribution in [0.2, 0.25) is 0 Å². The second-order valence-electron chi connectivity index (χ2n) is 10.9. The van der Waals surface area contributed by atoms with Crippen LogP contribution in [-0.4, -0.2) is 44.1 Å². The third kappa shape index (κ3) is 5.19. The van der Waals surface area contributed by atoms with Gasteiger partial charge in [0.25, 0.3) is 11.8 Å². The largest absolute Gasteiger partial charge is 0.483 e. The van der Waals surface area contributed by atoms with Crippen LogP contribution in [0.5, 0.6) is 5.75 Å². The summed E-state index contributed by atoms with van der Waals surface area (Å²) >= 11 is 3.42. The first-order valence-corrected chi connectivity index (χ1v) is 14.5. The van der Waals surface area contributed by atoms with Gasteiger partial charge in [-0.3, -0.25) is 14.4 Å². The lowest BCUT2D eigenvalue weighted by Crippen LogP contribution is -2.52. The number of carbonyl (C=O) groups excluding carboxylic acids is 2. The molecule has 43 heavy (non-hydrogen) atoms. The minimum atomic E-state index is -1.18. The topological polar surface area (TPSA) is 102 Å². The average Bonchev–Trinajstić information content (AvgIpc) is 3.30. The van der Waals surface area contributed by atoms with Gasteiger partial charge in [0.2, 0.25) is 5.43 Å². The normalized spacial score (nSPS) is 22.5. The van der Waals surface area contributed by atoms with Gasteiger partial charge >= 0.3 is 0 Å². The monoisotopic (exact) mass is 658 g/mol. The smallest absolute Gasteiger partial charge is 0.274 e. The van der Waals surface area contributed by atoms with Crippen molar-refractivity contribution >= 4 is 32.4 Å². The zero-order valence-electron chi connectivity index (χ0n) is 22.9. The van der Waals surface area contributed by atoms with Crippen molar-refractivity contribution in [2.45, 2.75) is 57.0 Å². The van der Waals surface area contributed by atoms with Gasteiger partial charge in [-0.2, -0.15) is 0 Å². The van der Waals surface area contributed by atoms with E-state index in [1.54, 1.807) is 33.7 Å². The van der Waals surface area contributed by atoms with Crippen molar-refractivity contribution < 1.29 is 32.3 Å². The van der Waals surface area contributed by atoms with Crippen LogP contribution in [0, 0.1) is 17.5 Å². The summed E-state index contributed by atoms with van der Waals surface area (Å²) < 4.78 is 50.1. The van der Waals surface area contributed by atoms with Crippen molar-refractivity contribution in [3.05, 3.63) is 98.7 Å². The van der Waals surface area contributed by atoms with Gasteiger partial charge in [-0.15, -0.1) is 0 Å². The van der Waals surface area contributed by atoms with Gasteiger partial charge in [-0.1, -0.05) is 35.5 Å². The maximum absolute atomic E-state index is 14.3. The molecule has 6 rings (SSSR count). The molecule has 1 N–H and O–H groups in total. The standard InChI is InChI=1S/C30H26BrF3N4O5/c1-16-7-8-30(11-24(31)36-43-30)23-14-37(16)29(41)25-27(42-15-17-5-3-2-4-6-17)26(39)20(13-38(23)25)28(40)35-12-19-21(33)9-18(32)10-22(19)34/h2-6,9-10,13,16,23H,7-8,11-12,14-15H2,1H3,(H,35,40)/t16-,23+,30-/m0/s1. The maximum Gasteiger partial charge on any atom is 0.274 e. The Kier molecular flexibility index (Phi) is 7.53. The molecule has 0 saturated carbocycles. The fourth-order valence-corrected chi connectivity index (χ4v) is 6.47. The minimum Gasteiger partial charge on any atom is -0.483 e. The van der Waals surface area contributed by atoms with Gasteiger partial charge in [0, 0.05) is 49.4 Å². The van der Waals surface area contributed by atoms with Crippen LogP contribution in [0.25, 0.3) is 0 Å². The maximum atomic E-state index is 14.3. The van der Waals surface area contributed by atoms with Gasteiger partial charge in [-0.25, -0.2) is 13.2 Å². The fourth-order valence-electron chi connectivity index (χ4n) is 5.93. The van der Waals surface area contributed by atoms with Crippen molar-refractivity contribution in [1.29, 1.82) is 0 Å². The summed E-state index contributed by atoms with van der Waals surface area (Å²) in [5.74, 6) is -5.18. The Labute approximate surface area is 252 Å². The Hall–Kier alpha value is -4.13. The predicted molar refractivity (Wildman–Crippen MR) is 153 cm³/mol. The molecule has 0 radical (unpaired) electrons. The molecule has 1 aromatic heterocycles. The van der Waals surface area contributed by atoms with E-state index in [1.807, 2.05) is 13.0 Å². The highest BCUT2D eigenvalue weighted by molar-refractivity contribution is 9.18. The van der Waals surface area contributed by atoms with E-state index in [-0.39, 0.29) is 30.6 Å². The zero-order valence-corrected chi connectivity index (χ0v) is 24.5. The Morgan fingerprint density at radius 2 is 1.91 bits per heavy atom. The molecule has 1 saturated heterocycles. The molecule has 3 aromatic rings. The van der Waals surface area contributed by atoms with Crippen molar-refractivity contribution in [3.63, 3.8) is 0 Å². The van der Waals surface area contributed by atoms with Crippen LogP contribution in [-0.2, 0) is 18.0 Å². The number of ether oxygens (including phenoxy) is 1. The van der Waals surface area contributed by atoms with Gasteiger partial charge in [0.15, 0.2) is 17.0 Å². The number of rotatable bonds is 6. The molecule has 224 valence electrons. The second kappa shape index (κ2) is 11.2. The molecule has 1 spiro atoms. The molecule has 9 nitrogen and oxygen atoms in total. The molecule has 0 aliphatic carbocycles. The Balaban J connectivity index is 1.45. The molecule has 4 heterocycles. The first-order valence-electron chi connectivity index (χ1n) is 13.7. The third-order valence-corrected chi connectivity index (χ3v) is 8.68. The highest BCUT2D eigenvalue weighted by Crippen LogP contribution is 2.47. The number of aromatic nitrogens is 1. The van der Waals surface area contributed by atoms with Gasteiger partial charge in [0.05, 0.1) is 6.04 Å². The van der Waals surface area contributed by atoms with E-state index in [9.17, 15) is 27.6 Å². The van der Waals surface area contributed by atoms with Crippen LogP contribution < -0.4 is 15.5 Å². The summed E-state index contributed by atoms with van der Waals surface area (Å²) in [5.41, 5.74) is -2.01. The fraction of sp³-hybridized carbons (Fsp3) is 0.333. The summed E-state index contributed by atoms with van der Waals surface area (Å²) in [5, 5.41) is 6.48. The summed E-state index contributed by atoms with van der Waals surface area (Å²) in [4.78, 5) is 48.9. The number of benzene rings is 2. The molecule has 0 unspecified atom stereocenters. The number of nitrogens with one attached hydrogen (secondary N) is 1. The molecule has 13 heteroatoms. The summed E-state index contributed by atoms with van der Waals surface area (Å²) in [6.45, 7) is 1.44. The number of fused-ring (bicyclic) bond motifs is 5. The highest BCUT2D eigenvalue weighted by Gasteiger charge is 2.54. The highest BCUT2D eigenvalue weighted by atomic mass is 79.9. The summed E-state index contributed by atoms with van der Waals surface area (Å²) in [6.07, 6.45) is 2.83. The molecular weight excluding hydrogens is 633 g/mol. The average molecular weight is 659 g/mol. The molecule has 3 aliphatic heterocycles. The SMILES string of the molecule is C[C@H]1CC[C@]2(CC(Br)=NO2)[C@H]2CN1C(=O)c1c(OCc3ccccc3)c(=O)c(C(=O)NCc3c(F)cc(F)cc3F)cn12. The van der Waals surface area contributed by atoms with E-state index in [2.05, 4.69) is 26.4 Å². The lowest BCUT2D eigenvalue weighted by atomic mass is 9.86. The van der Waals surface area contributed by atoms with E-state index in [1.165, 1.54) is 6.20 Å². The van der Waals surface area contributed by atoms with Crippen LogP contribution in [0.4, 0.5) is 13.2 Å². The zero-order chi connectivity index (χ0) is 30.5. The third-order valence-electron chi connectivity index (χ3n) is 8.26. The molecule has 3 atom stereocenters. The minimum absolute atomic E-state index is 0.0240. The van der Waals surface area contributed by atoms with E-state index < -0.39 is 64.0 Å². The van der Waals surface area contributed by atoms with Crippen molar-refractivity contribution in [3.8, 4) is 5.75 Å². The Morgan fingerprint density at radius 1 is 1.19 bits per heavy atom. The van der Waals surface area contributed by atoms with E-state index in [0.717, 1.165) is 5.56 Å². The number of hydrogen-bond donors (Lipinski definition) is 1. The van der Waals surface area contributed by atoms with Crippen LogP contribution >= 0.6 is 15.9 Å². The molecule has 1 fully saturated rings. The Bertz CT molecular complexity index is 1690. The molecule has 2 amide bonds. The first-order chi connectivity index (χ1) is 20.6. The predicted octanol–water partition coefficient (Wildman–Crippen LogP) is 4.82. The number of pyridine rings is 1. The van der Waals surface area contributed by atoms with Crippen molar-refractivity contribution in [2.75, 3.05) is 6.54 Å². The number of amides is 2. The molecular formula is C30H26BrF3N4O5. The van der Waals surface area contributed by atoms with E-state index in [4.69, 9.17) is 9.57 Å². The van der Waals surface area contributed by atoms with Crippen LogP contribution in [0.15, 0.2) is 58.6 Å². The van der Waals surface area contributed by atoms with Gasteiger partial charge in [0.1, 0.15) is 34.2 Å². The number of nitrogens with zero attached hydrogens (tertiary/aromatic N) is 3. The van der Waals surface area contributed by atoms with Crippen molar-refractivity contribution in [1.82, 2.24) is 14.8 Å². The quantitative estimate of drug-likeness (QED) is 0.409. The lowest BCUT2D eigenvalue weighted by Gasteiger charge is -2.42. The van der Waals surface area contributed by atoms with Crippen LogP contribution in [0.3, 0.4) is 0 Å². The Morgan fingerprint density at radius 3 is 2.58 bits per heavy atom. The second-order valence-corrected chi connectivity index (χ2v) is 11.8. The van der Waals surface area contributed by atoms with Crippen LogP contribution in [0.1, 0.15) is 64.2 Å². The first kappa shape index (κ1) is 29.0. The van der Waals surface area contributed by atoms with Crippen molar-refractivity contribution in [2.24, 2.45) is 5.16 Å². The van der Waals surface area contributed by atoms with E-state index in [0.29, 0.717) is 36.0 Å². The van der Waals surface area contributed by atoms with Gasteiger partial charge < -0.3 is 24.4 Å². The molecule has 2 bridgehead atoms. The number of oxime groups is 1.